The van der Waals surface area contributed by atoms with Crippen LogP contribution in [0.25, 0.3) is 0 Å². The van der Waals surface area contributed by atoms with Crippen LogP contribution in [-0.2, 0) is 10.2 Å². The van der Waals surface area contributed by atoms with E-state index in [-0.39, 0.29) is 5.41 Å². The Labute approximate surface area is 127 Å². The Hall–Kier alpha value is -0.240. The van der Waals surface area contributed by atoms with E-state index in [1.165, 1.54) is 11.1 Å². The van der Waals surface area contributed by atoms with E-state index in [0.717, 1.165) is 13.0 Å². The standard InChI is InChI=1S/C16H24Cl2O/c1-13(2)10-19-8-7-16(11-17,12-18)15-6-4-5-14(3)9-15/h4-6,9,13H,7-8,10-12H2,1-3H3. The maximum Gasteiger partial charge on any atom is 0.0488 e. The van der Waals surface area contributed by atoms with E-state index in [2.05, 4.69) is 45.0 Å². The summed E-state index contributed by atoms with van der Waals surface area (Å²) in [7, 11) is 0. The zero-order valence-electron chi connectivity index (χ0n) is 12.1. The molecule has 0 radical (unpaired) electrons. The highest BCUT2D eigenvalue weighted by Crippen LogP contribution is 2.32. The highest BCUT2D eigenvalue weighted by Gasteiger charge is 2.30. The van der Waals surface area contributed by atoms with Crippen LogP contribution in [0.3, 0.4) is 0 Å². The first kappa shape index (κ1) is 16.8. The molecule has 3 heteroatoms. The van der Waals surface area contributed by atoms with Gasteiger partial charge in [-0.25, -0.2) is 0 Å². The number of benzene rings is 1. The summed E-state index contributed by atoms with van der Waals surface area (Å²) >= 11 is 12.4. The summed E-state index contributed by atoms with van der Waals surface area (Å²) in [6.45, 7) is 7.87. The lowest BCUT2D eigenvalue weighted by Gasteiger charge is -2.30. The number of rotatable bonds is 8. The summed E-state index contributed by atoms with van der Waals surface area (Å²) in [4.78, 5) is 0. The van der Waals surface area contributed by atoms with Gasteiger partial charge in [0.15, 0.2) is 0 Å². The molecule has 0 aliphatic heterocycles. The SMILES string of the molecule is Cc1cccc(C(CCl)(CCl)CCOCC(C)C)c1. The summed E-state index contributed by atoms with van der Waals surface area (Å²) in [6.07, 6.45) is 0.857. The zero-order chi connectivity index (χ0) is 14.3. The van der Waals surface area contributed by atoms with Gasteiger partial charge < -0.3 is 4.74 Å². The van der Waals surface area contributed by atoms with Crippen molar-refractivity contribution < 1.29 is 4.74 Å². The van der Waals surface area contributed by atoms with Gasteiger partial charge in [0.1, 0.15) is 0 Å². The first-order valence-electron chi connectivity index (χ1n) is 6.81. The predicted octanol–water partition coefficient (Wildman–Crippen LogP) is 4.77. The normalized spacial score (nSPS) is 12.1. The molecule has 0 saturated carbocycles. The third-order valence-corrected chi connectivity index (χ3v) is 4.34. The van der Waals surface area contributed by atoms with Crippen molar-refractivity contribution in [1.29, 1.82) is 0 Å². The maximum absolute atomic E-state index is 6.21. The molecule has 0 aromatic heterocycles. The Kier molecular flexibility index (Phi) is 7.20. The number of aryl methyl sites for hydroxylation is 1. The van der Waals surface area contributed by atoms with E-state index in [0.29, 0.717) is 24.3 Å². The van der Waals surface area contributed by atoms with Crippen LogP contribution in [0.2, 0.25) is 0 Å². The van der Waals surface area contributed by atoms with Gasteiger partial charge in [0.05, 0.1) is 0 Å². The van der Waals surface area contributed by atoms with E-state index in [9.17, 15) is 0 Å². The van der Waals surface area contributed by atoms with Gasteiger partial charge >= 0.3 is 0 Å². The monoisotopic (exact) mass is 302 g/mol. The second kappa shape index (κ2) is 8.14. The topological polar surface area (TPSA) is 9.23 Å². The Balaban J connectivity index is 2.73. The highest BCUT2D eigenvalue weighted by atomic mass is 35.5. The molecule has 0 heterocycles. The van der Waals surface area contributed by atoms with E-state index in [1.54, 1.807) is 0 Å². The van der Waals surface area contributed by atoms with Gasteiger partial charge in [-0.15, -0.1) is 23.2 Å². The largest absolute Gasteiger partial charge is 0.381 e. The fraction of sp³-hybridized carbons (Fsp3) is 0.625. The molecule has 0 N–H and O–H groups in total. The summed E-state index contributed by atoms with van der Waals surface area (Å²) in [5, 5.41) is 0. The lowest BCUT2D eigenvalue weighted by Crippen LogP contribution is -2.32. The van der Waals surface area contributed by atoms with Crippen LogP contribution in [0.15, 0.2) is 24.3 Å². The van der Waals surface area contributed by atoms with Crippen LogP contribution >= 0.6 is 23.2 Å². The van der Waals surface area contributed by atoms with E-state index in [1.807, 2.05) is 0 Å². The molecule has 0 aliphatic carbocycles. The molecule has 1 nitrogen and oxygen atoms in total. The Morgan fingerprint density at radius 2 is 1.89 bits per heavy atom. The summed E-state index contributed by atoms with van der Waals surface area (Å²) < 4.78 is 5.69. The molecule has 0 saturated heterocycles. The van der Waals surface area contributed by atoms with Crippen LogP contribution < -0.4 is 0 Å². The van der Waals surface area contributed by atoms with E-state index >= 15 is 0 Å². The van der Waals surface area contributed by atoms with Crippen molar-refractivity contribution in [3.8, 4) is 0 Å². The summed E-state index contributed by atoms with van der Waals surface area (Å²) in [6, 6.07) is 8.44. The van der Waals surface area contributed by atoms with Gasteiger partial charge in [-0.3, -0.25) is 0 Å². The van der Waals surface area contributed by atoms with Crippen molar-refractivity contribution in [2.24, 2.45) is 5.92 Å². The fourth-order valence-electron chi connectivity index (χ4n) is 2.03. The van der Waals surface area contributed by atoms with Crippen LogP contribution in [0.4, 0.5) is 0 Å². The molecule has 108 valence electrons. The van der Waals surface area contributed by atoms with Gasteiger partial charge in [-0.05, 0) is 24.8 Å². The molecule has 0 unspecified atom stereocenters. The van der Waals surface area contributed by atoms with Gasteiger partial charge in [0.2, 0.25) is 0 Å². The minimum Gasteiger partial charge on any atom is -0.381 e. The van der Waals surface area contributed by atoms with Crippen LogP contribution in [0.1, 0.15) is 31.4 Å². The molecule has 1 rings (SSSR count). The molecule has 0 aliphatic rings. The maximum atomic E-state index is 6.21. The van der Waals surface area contributed by atoms with Gasteiger partial charge in [-0.1, -0.05) is 43.7 Å². The van der Waals surface area contributed by atoms with Crippen molar-refractivity contribution in [3.63, 3.8) is 0 Å². The molecule has 0 atom stereocenters. The predicted molar refractivity (Wildman–Crippen MR) is 84.6 cm³/mol. The smallest absolute Gasteiger partial charge is 0.0488 e. The second-order valence-electron chi connectivity index (χ2n) is 5.64. The van der Waals surface area contributed by atoms with Crippen LogP contribution in [0.5, 0.6) is 0 Å². The number of halogens is 2. The van der Waals surface area contributed by atoms with Crippen molar-refractivity contribution in [3.05, 3.63) is 35.4 Å². The molecule has 0 amide bonds. The molecule has 1 aromatic rings. The van der Waals surface area contributed by atoms with Gasteiger partial charge in [0.25, 0.3) is 0 Å². The number of hydrogen-bond donors (Lipinski definition) is 0. The molecule has 0 fully saturated rings. The van der Waals surface area contributed by atoms with Crippen LogP contribution in [-0.4, -0.2) is 25.0 Å². The highest BCUT2D eigenvalue weighted by molar-refractivity contribution is 6.22. The average molecular weight is 303 g/mol. The average Bonchev–Trinajstić information content (AvgIpc) is 2.39. The van der Waals surface area contributed by atoms with Crippen molar-refractivity contribution in [2.45, 2.75) is 32.6 Å². The molecule has 1 aromatic carbocycles. The first-order valence-corrected chi connectivity index (χ1v) is 7.88. The van der Waals surface area contributed by atoms with Crippen molar-refractivity contribution in [2.75, 3.05) is 25.0 Å². The second-order valence-corrected chi connectivity index (χ2v) is 6.17. The lowest BCUT2D eigenvalue weighted by molar-refractivity contribution is 0.0970. The molecule has 0 bridgehead atoms. The van der Waals surface area contributed by atoms with Crippen molar-refractivity contribution in [1.82, 2.24) is 0 Å². The van der Waals surface area contributed by atoms with Crippen LogP contribution in [0, 0.1) is 12.8 Å². The summed E-state index contributed by atoms with van der Waals surface area (Å²) in [5.74, 6) is 1.59. The lowest BCUT2D eigenvalue weighted by atomic mass is 9.81. The molecular formula is C16H24Cl2O. The Morgan fingerprint density at radius 1 is 1.21 bits per heavy atom. The number of hydrogen-bond acceptors (Lipinski definition) is 1. The Morgan fingerprint density at radius 3 is 2.42 bits per heavy atom. The van der Waals surface area contributed by atoms with Gasteiger partial charge in [0, 0.05) is 30.4 Å². The Bertz CT molecular complexity index is 373. The van der Waals surface area contributed by atoms with E-state index < -0.39 is 0 Å². The minimum atomic E-state index is -0.188. The van der Waals surface area contributed by atoms with Crippen molar-refractivity contribution >= 4 is 23.2 Å². The zero-order valence-corrected chi connectivity index (χ0v) is 13.6. The molecule has 0 spiro atoms. The number of ether oxygens (including phenoxy) is 1. The summed E-state index contributed by atoms with van der Waals surface area (Å²) in [5.41, 5.74) is 2.26. The molecular weight excluding hydrogens is 279 g/mol. The quantitative estimate of drug-likeness (QED) is 0.496. The fourth-order valence-corrected chi connectivity index (χ4v) is 2.89. The van der Waals surface area contributed by atoms with E-state index in [4.69, 9.17) is 27.9 Å². The molecule has 19 heavy (non-hydrogen) atoms. The number of alkyl halides is 2. The minimum absolute atomic E-state index is 0.188. The first-order chi connectivity index (χ1) is 9.04. The van der Waals surface area contributed by atoms with Gasteiger partial charge in [-0.2, -0.15) is 0 Å². The third kappa shape index (κ3) is 4.98. The third-order valence-electron chi connectivity index (χ3n) is 3.32.